The number of nitrogens with one attached hydrogen (secondary N) is 1. The van der Waals surface area contributed by atoms with Gasteiger partial charge in [-0.3, -0.25) is 9.69 Å². The third-order valence-corrected chi connectivity index (χ3v) is 10.2. The quantitative estimate of drug-likeness (QED) is 0.266. The summed E-state index contributed by atoms with van der Waals surface area (Å²) in [5.41, 5.74) is 7.45. The summed E-state index contributed by atoms with van der Waals surface area (Å²) in [4.78, 5) is 22.7. The zero-order chi connectivity index (χ0) is 30.1. The van der Waals surface area contributed by atoms with Crippen LogP contribution in [0.2, 0.25) is 0 Å². The van der Waals surface area contributed by atoms with Gasteiger partial charge in [-0.15, -0.1) is 0 Å². The van der Waals surface area contributed by atoms with Crippen molar-refractivity contribution in [3.8, 4) is 22.4 Å². The predicted molar refractivity (Wildman–Crippen MR) is 175 cm³/mol. The molecule has 3 aliphatic carbocycles. The van der Waals surface area contributed by atoms with Crippen molar-refractivity contribution < 1.29 is 9.90 Å². The van der Waals surface area contributed by atoms with Crippen molar-refractivity contribution in [2.75, 3.05) is 50.8 Å². The Morgan fingerprint density at radius 1 is 1.02 bits per heavy atom. The monoisotopic (exact) mass is 592 g/mol. The van der Waals surface area contributed by atoms with E-state index >= 15 is 0 Å². The molecule has 3 saturated carbocycles. The van der Waals surface area contributed by atoms with Crippen molar-refractivity contribution in [2.45, 2.75) is 51.9 Å². The van der Waals surface area contributed by atoms with Gasteiger partial charge in [0, 0.05) is 62.9 Å². The number of carbonyl (C=O) groups excluding carboxylic acids is 1. The molecular weight excluding hydrogens is 548 g/mol. The van der Waals surface area contributed by atoms with E-state index in [0.29, 0.717) is 24.9 Å². The Labute approximate surface area is 260 Å². The molecule has 1 amide bonds. The third kappa shape index (κ3) is 5.85. The first-order valence-electron chi connectivity index (χ1n) is 16.4. The molecule has 2 aromatic heterocycles. The minimum Gasteiger partial charge on any atom is -0.395 e. The van der Waals surface area contributed by atoms with Gasteiger partial charge in [-0.1, -0.05) is 61.4 Å². The van der Waals surface area contributed by atoms with Crippen LogP contribution in [0.1, 0.15) is 49.8 Å². The van der Waals surface area contributed by atoms with Gasteiger partial charge in [0.2, 0.25) is 5.91 Å². The topological polar surface area (TPSA) is 86.0 Å². The minimum absolute atomic E-state index is 0.184. The summed E-state index contributed by atoms with van der Waals surface area (Å²) in [5.74, 6) is 2.12. The second-order valence-corrected chi connectivity index (χ2v) is 13.3. The number of rotatable bonds is 10. The summed E-state index contributed by atoms with van der Waals surface area (Å²) < 4.78 is 2.01. The number of benzene rings is 2. The SMILES string of the molecule is Cc1nn2c(N3CCN(CCO)CC3)cc(-c3cccc(CCNC(=O)CC45CCCC(C4)C5)c3)nc2c1-c1ccccc1. The average Bonchev–Trinajstić information content (AvgIpc) is 3.37. The lowest BCUT2D eigenvalue weighted by atomic mass is 9.53. The van der Waals surface area contributed by atoms with Gasteiger partial charge in [0.1, 0.15) is 5.82 Å². The van der Waals surface area contributed by atoms with E-state index in [0.717, 1.165) is 78.1 Å². The molecule has 8 heteroatoms. The highest BCUT2D eigenvalue weighted by atomic mass is 16.3. The second kappa shape index (κ2) is 12.3. The number of fused-ring (bicyclic) bond motifs is 3. The summed E-state index contributed by atoms with van der Waals surface area (Å²) >= 11 is 0. The summed E-state index contributed by atoms with van der Waals surface area (Å²) in [5, 5.41) is 17.6. The fourth-order valence-corrected chi connectivity index (χ4v) is 7.97. The third-order valence-electron chi connectivity index (χ3n) is 10.2. The maximum Gasteiger partial charge on any atom is 0.220 e. The highest BCUT2D eigenvalue weighted by molar-refractivity contribution is 5.83. The molecule has 230 valence electrons. The summed E-state index contributed by atoms with van der Waals surface area (Å²) in [6, 6.07) is 21.2. The van der Waals surface area contributed by atoms with Crippen LogP contribution >= 0.6 is 0 Å². The smallest absolute Gasteiger partial charge is 0.220 e. The molecule has 4 fully saturated rings. The lowest BCUT2D eigenvalue weighted by Crippen LogP contribution is -2.47. The summed E-state index contributed by atoms with van der Waals surface area (Å²) in [6.07, 6.45) is 7.86. The normalized spacial score (nSPS) is 21.8. The zero-order valence-corrected chi connectivity index (χ0v) is 25.8. The first-order chi connectivity index (χ1) is 21.5. The van der Waals surface area contributed by atoms with Gasteiger partial charge in [-0.2, -0.15) is 9.61 Å². The number of hydrogen-bond acceptors (Lipinski definition) is 6. The van der Waals surface area contributed by atoms with E-state index in [9.17, 15) is 9.90 Å². The van der Waals surface area contributed by atoms with Crippen LogP contribution in [0.25, 0.3) is 28.0 Å². The number of hydrogen-bond donors (Lipinski definition) is 2. The van der Waals surface area contributed by atoms with Crippen LogP contribution in [-0.4, -0.2) is 76.4 Å². The van der Waals surface area contributed by atoms with Crippen molar-refractivity contribution in [3.05, 3.63) is 71.9 Å². The molecule has 0 spiro atoms. The summed E-state index contributed by atoms with van der Waals surface area (Å²) in [6.45, 7) is 7.12. The van der Waals surface area contributed by atoms with Crippen LogP contribution in [0.4, 0.5) is 5.82 Å². The van der Waals surface area contributed by atoms with Crippen LogP contribution in [0.5, 0.6) is 0 Å². The Bertz CT molecular complexity index is 1610. The van der Waals surface area contributed by atoms with E-state index in [2.05, 4.69) is 76.6 Å². The van der Waals surface area contributed by atoms with Crippen molar-refractivity contribution in [3.63, 3.8) is 0 Å². The molecule has 2 aromatic carbocycles. The van der Waals surface area contributed by atoms with Gasteiger partial charge in [0.25, 0.3) is 0 Å². The molecule has 44 heavy (non-hydrogen) atoms. The van der Waals surface area contributed by atoms with E-state index in [1.165, 1.54) is 37.7 Å². The molecule has 8 rings (SSSR count). The number of carbonyl (C=O) groups is 1. The largest absolute Gasteiger partial charge is 0.395 e. The lowest BCUT2D eigenvalue weighted by molar-refractivity contribution is -0.128. The maximum absolute atomic E-state index is 12.8. The molecular formula is C36H44N6O2. The molecule has 8 nitrogen and oxygen atoms in total. The van der Waals surface area contributed by atoms with Crippen LogP contribution in [0.3, 0.4) is 0 Å². The van der Waals surface area contributed by atoms with Crippen molar-refractivity contribution in [1.29, 1.82) is 0 Å². The van der Waals surface area contributed by atoms with Gasteiger partial charge in [0.15, 0.2) is 5.65 Å². The van der Waals surface area contributed by atoms with E-state index in [1.54, 1.807) is 0 Å². The Balaban J connectivity index is 1.14. The number of amides is 1. The second-order valence-electron chi connectivity index (χ2n) is 13.3. The van der Waals surface area contributed by atoms with E-state index in [4.69, 9.17) is 10.1 Å². The van der Waals surface area contributed by atoms with E-state index in [-0.39, 0.29) is 12.5 Å². The number of aromatic nitrogens is 3. The van der Waals surface area contributed by atoms with Crippen molar-refractivity contribution in [2.24, 2.45) is 11.3 Å². The number of anilines is 1. The molecule has 4 aromatic rings. The molecule has 0 unspecified atom stereocenters. The Kier molecular flexibility index (Phi) is 8.12. The maximum atomic E-state index is 12.8. The van der Waals surface area contributed by atoms with Crippen molar-refractivity contribution >= 4 is 17.4 Å². The van der Waals surface area contributed by atoms with E-state index < -0.39 is 0 Å². The number of nitrogens with zero attached hydrogens (tertiary/aromatic N) is 5. The number of aryl methyl sites for hydroxylation is 1. The summed E-state index contributed by atoms with van der Waals surface area (Å²) in [7, 11) is 0. The lowest BCUT2D eigenvalue weighted by Gasteiger charge is -2.52. The van der Waals surface area contributed by atoms with Crippen LogP contribution in [0, 0.1) is 18.3 Å². The number of β-amino-alcohol motifs (C(OH)–C–C–N with tert-alkyl or cyclic N) is 1. The van der Waals surface area contributed by atoms with Gasteiger partial charge < -0.3 is 15.3 Å². The number of aliphatic hydroxyl groups is 1. The number of aliphatic hydroxyl groups excluding tert-OH is 1. The van der Waals surface area contributed by atoms with Gasteiger partial charge in [0.05, 0.1) is 18.0 Å². The number of piperazine rings is 1. The van der Waals surface area contributed by atoms with Gasteiger partial charge >= 0.3 is 0 Å². The highest BCUT2D eigenvalue weighted by Crippen LogP contribution is 2.57. The first kappa shape index (κ1) is 29.0. The molecule has 0 atom stereocenters. The van der Waals surface area contributed by atoms with Crippen LogP contribution in [-0.2, 0) is 11.2 Å². The molecule has 2 N–H and O–H groups in total. The fraction of sp³-hybridized carbons (Fsp3) is 0.472. The van der Waals surface area contributed by atoms with Gasteiger partial charge in [-0.25, -0.2) is 4.98 Å². The molecule has 1 saturated heterocycles. The fourth-order valence-electron chi connectivity index (χ4n) is 7.97. The molecule has 2 bridgehead atoms. The first-order valence-corrected chi connectivity index (χ1v) is 16.4. The minimum atomic E-state index is 0.184. The molecule has 0 radical (unpaired) electrons. The highest BCUT2D eigenvalue weighted by Gasteiger charge is 2.47. The predicted octanol–water partition coefficient (Wildman–Crippen LogP) is 5.12. The standard InChI is InChI=1S/C36H44N6O2/c1-26-34(29-9-3-2-4-10-29)35-38-31(22-33(42(35)39-26)41-17-15-40(16-18-41)19-20-43)30-11-5-7-27(21-30)12-14-37-32(44)25-36-13-6-8-28(23-36)24-36/h2-5,7,9-11,21-22,28,43H,6,8,12-20,23-25H2,1H3,(H,37,44). The Morgan fingerprint density at radius 3 is 2.57 bits per heavy atom. The Morgan fingerprint density at radius 2 is 1.82 bits per heavy atom. The molecule has 3 heterocycles. The van der Waals surface area contributed by atoms with Gasteiger partial charge in [-0.05, 0) is 61.1 Å². The molecule has 4 aliphatic rings. The van der Waals surface area contributed by atoms with E-state index in [1.807, 2.05) is 10.6 Å². The van der Waals surface area contributed by atoms with Crippen LogP contribution < -0.4 is 10.2 Å². The van der Waals surface area contributed by atoms with Crippen LogP contribution in [0.15, 0.2) is 60.7 Å². The molecule has 1 aliphatic heterocycles. The van der Waals surface area contributed by atoms with Crippen molar-refractivity contribution in [1.82, 2.24) is 24.8 Å². The zero-order valence-electron chi connectivity index (χ0n) is 25.8. The Hall–Kier alpha value is -3.75. The average molecular weight is 593 g/mol.